The Hall–Kier alpha value is -1.33. The monoisotopic (exact) mass is 295 g/mol. The van der Waals surface area contributed by atoms with Gasteiger partial charge in [0.05, 0.1) is 14.9 Å². The van der Waals surface area contributed by atoms with Crippen LogP contribution in [0.25, 0.3) is 0 Å². The highest BCUT2D eigenvalue weighted by molar-refractivity contribution is 7.17. The van der Waals surface area contributed by atoms with Gasteiger partial charge in [-0.15, -0.1) is 11.3 Å². The van der Waals surface area contributed by atoms with Crippen LogP contribution in [-0.2, 0) is 13.0 Å². The third-order valence-electron chi connectivity index (χ3n) is 3.25. The van der Waals surface area contributed by atoms with Gasteiger partial charge in [-0.25, -0.2) is 4.98 Å². The molecule has 1 aliphatic heterocycles. The first-order valence-electron chi connectivity index (χ1n) is 6.20. The quantitative estimate of drug-likeness (QED) is 0.926. The lowest BCUT2D eigenvalue weighted by atomic mass is 10.1. The Kier molecular flexibility index (Phi) is 3.33. The van der Waals surface area contributed by atoms with Crippen molar-refractivity contribution in [2.24, 2.45) is 0 Å². The number of carbonyl (C=O) groups excluding carboxylic acids is 1. The number of aryl methyl sites for hydroxylation is 2. The lowest BCUT2D eigenvalue weighted by Gasteiger charge is -2.24. The number of imidazole rings is 1. The van der Waals surface area contributed by atoms with Gasteiger partial charge in [-0.2, -0.15) is 0 Å². The zero-order valence-electron chi connectivity index (χ0n) is 10.5. The highest BCUT2D eigenvalue weighted by Crippen LogP contribution is 2.22. The first kappa shape index (κ1) is 12.7. The van der Waals surface area contributed by atoms with Crippen LogP contribution >= 0.6 is 22.9 Å². The van der Waals surface area contributed by atoms with Crippen LogP contribution in [-0.4, -0.2) is 21.5 Å². The molecule has 2 aromatic rings. The van der Waals surface area contributed by atoms with Crippen molar-refractivity contribution in [3.05, 3.63) is 39.1 Å². The predicted octanol–water partition coefficient (Wildman–Crippen LogP) is 2.65. The van der Waals surface area contributed by atoms with E-state index in [1.54, 1.807) is 12.1 Å². The van der Waals surface area contributed by atoms with E-state index in [0.717, 1.165) is 30.9 Å². The molecule has 2 aromatic heterocycles. The fraction of sp³-hybridized carbons (Fsp3) is 0.385. The summed E-state index contributed by atoms with van der Waals surface area (Å²) in [6, 6.07) is 3.67. The summed E-state index contributed by atoms with van der Waals surface area (Å²) >= 11 is 7.15. The van der Waals surface area contributed by atoms with E-state index in [2.05, 4.69) is 14.9 Å². The number of rotatable bonds is 2. The van der Waals surface area contributed by atoms with E-state index in [1.165, 1.54) is 11.3 Å². The molecule has 0 aliphatic carbocycles. The number of nitrogens with one attached hydrogen (secondary N) is 1. The molecule has 0 radical (unpaired) electrons. The molecule has 0 unspecified atom stereocenters. The van der Waals surface area contributed by atoms with Gasteiger partial charge in [0.25, 0.3) is 5.91 Å². The van der Waals surface area contributed by atoms with Gasteiger partial charge in [-0.05, 0) is 25.5 Å². The molecule has 6 heteroatoms. The maximum Gasteiger partial charge on any atom is 0.261 e. The maximum atomic E-state index is 12.1. The SMILES string of the molecule is Cc1cn2c(n1)CC[C@H](NC(=O)c1ccc(Cl)s1)C2. The lowest BCUT2D eigenvalue weighted by Crippen LogP contribution is -2.40. The molecule has 0 saturated carbocycles. The summed E-state index contributed by atoms with van der Waals surface area (Å²) in [5, 5.41) is 3.06. The van der Waals surface area contributed by atoms with Crippen LogP contribution in [0.1, 0.15) is 27.6 Å². The largest absolute Gasteiger partial charge is 0.347 e. The average molecular weight is 296 g/mol. The number of aromatic nitrogens is 2. The Labute approximate surface area is 120 Å². The highest BCUT2D eigenvalue weighted by Gasteiger charge is 2.22. The number of halogens is 1. The van der Waals surface area contributed by atoms with E-state index in [9.17, 15) is 4.79 Å². The molecule has 1 amide bonds. The molecule has 3 heterocycles. The van der Waals surface area contributed by atoms with Crippen LogP contribution in [0.15, 0.2) is 18.3 Å². The molecular weight excluding hydrogens is 282 g/mol. The van der Waals surface area contributed by atoms with Gasteiger partial charge in [-0.1, -0.05) is 11.6 Å². The molecule has 3 rings (SSSR count). The zero-order valence-corrected chi connectivity index (χ0v) is 12.1. The number of amides is 1. The molecule has 4 nitrogen and oxygen atoms in total. The van der Waals surface area contributed by atoms with Crippen molar-refractivity contribution in [2.45, 2.75) is 32.4 Å². The Morgan fingerprint density at radius 2 is 2.42 bits per heavy atom. The first-order chi connectivity index (χ1) is 9.11. The summed E-state index contributed by atoms with van der Waals surface area (Å²) in [7, 11) is 0. The standard InChI is InChI=1S/C13H14ClN3OS/c1-8-6-17-7-9(2-5-12(17)15-8)16-13(18)10-3-4-11(14)19-10/h3-4,6,9H,2,5,7H2,1H3,(H,16,18)/t9-/m0/s1. The minimum absolute atomic E-state index is 0.0396. The number of thiophene rings is 1. The van der Waals surface area contributed by atoms with Gasteiger partial charge in [0, 0.05) is 25.2 Å². The molecule has 100 valence electrons. The van der Waals surface area contributed by atoms with Crippen molar-refractivity contribution in [3.8, 4) is 0 Å². The first-order valence-corrected chi connectivity index (χ1v) is 7.40. The Morgan fingerprint density at radius 1 is 1.58 bits per heavy atom. The summed E-state index contributed by atoms with van der Waals surface area (Å²) in [5.41, 5.74) is 1.03. The molecule has 19 heavy (non-hydrogen) atoms. The van der Waals surface area contributed by atoms with Crippen molar-refractivity contribution < 1.29 is 4.79 Å². The normalized spacial score (nSPS) is 18.1. The van der Waals surface area contributed by atoms with E-state index < -0.39 is 0 Å². The lowest BCUT2D eigenvalue weighted by molar-refractivity contribution is 0.0931. The van der Waals surface area contributed by atoms with E-state index >= 15 is 0 Å². The molecule has 0 bridgehead atoms. The third kappa shape index (κ3) is 2.67. The predicted molar refractivity (Wildman–Crippen MR) is 75.9 cm³/mol. The topological polar surface area (TPSA) is 46.9 Å². The second-order valence-electron chi connectivity index (χ2n) is 4.76. The van der Waals surface area contributed by atoms with Crippen LogP contribution in [0.5, 0.6) is 0 Å². The zero-order chi connectivity index (χ0) is 13.4. The fourth-order valence-electron chi connectivity index (χ4n) is 2.40. The van der Waals surface area contributed by atoms with Gasteiger partial charge in [0.1, 0.15) is 5.82 Å². The molecule has 0 saturated heterocycles. The minimum atomic E-state index is -0.0396. The second kappa shape index (κ2) is 4.98. The number of hydrogen-bond acceptors (Lipinski definition) is 3. The number of carbonyl (C=O) groups is 1. The number of nitrogens with zero attached hydrogens (tertiary/aromatic N) is 2. The van der Waals surface area contributed by atoms with Gasteiger partial charge in [0.2, 0.25) is 0 Å². The number of hydrogen-bond donors (Lipinski definition) is 1. The van der Waals surface area contributed by atoms with Gasteiger partial charge < -0.3 is 9.88 Å². The van der Waals surface area contributed by atoms with Crippen LogP contribution in [0.4, 0.5) is 0 Å². The van der Waals surface area contributed by atoms with Crippen molar-refractivity contribution >= 4 is 28.8 Å². The average Bonchev–Trinajstić information content (AvgIpc) is 2.93. The van der Waals surface area contributed by atoms with Crippen LogP contribution in [0, 0.1) is 6.92 Å². The second-order valence-corrected chi connectivity index (χ2v) is 6.48. The summed E-state index contributed by atoms with van der Waals surface area (Å²) in [5.74, 6) is 1.07. The minimum Gasteiger partial charge on any atom is -0.347 e. The van der Waals surface area contributed by atoms with E-state index in [0.29, 0.717) is 9.21 Å². The third-order valence-corrected chi connectivity index (χ3v) is 4.48. The summed E-state index contributed by atoms with van der Waals surface area (Å²) < 4.78 is 2.77. The van der Waals surface area contributed by atoms with Crippen molar-refractivity contribution in [2.75, 3.05) is 0 Å². The van der Waals surface area contributed by atoms with Crippen LogP contribution in [0.2, 0.25) is 4.34 Å². The molecule has 1 atom stereocenters. The van der Waals surface area contributed by atoms with Gasteiger partial charge in [-0.3, -0.25) is 4.79 Å². The summed E-state index contributed by atoms with van der Waals surface area (Å²) in [6.45, 7) is 2.79. The van der Waals surface area contributed by atoms with E-state index in [1.807, 2.05) is 13.1 Å². The molecule has 0 fully saturated rings. The smallest absolute Gasteiger partial charge is 0.261 e. The van der Waals surface area contributed by atoms with Crippen LogP contribution in [0.3, 0.4) is 0 Å². The molecule has 0 aromatic carbocycles. The van der Waals surface area contributed by atoms with Crippen LogP contribution < -0.4 is 5.32 Å². The Morgan fingerprint density at radius 3 is 3.16 bits per heavy atom. The maximum absolute atomic E-state index is 12.1. The molecule has 1 N–H and O–H groups in total. The Balaban J connectivity index is 1.67. The highest BCUT2D eigenvalue weighted by atomic mass is 35.5. The fourth-order valence-corrected chi connectivity index (χ4v) is 3.34. The van der Waals surface area contributed by atoms with Gasteiger partial charge in [0.15, 0.2) is 0 Å². The molecule has 0 spiro atoms. The summed E-state index contributed by atoms with van der Waals surface area (Å²) in [4.78, 5) is 17.2. The molecular formula is C13H14ClN3OS. The van der Waals surface area contributed by atoms with E-state index in [4.69, 9.17) is 11.6 Å². The van der Waals surface area contributed by atoms with Crippen molar-refractivity contribution in [1.29, 1.82) is 0 Å². The van der Waals surface area contributed by atoms with Gasteiger partial charge >= 0.3 is 0 Å². The number of fused-ring (bicyclic) bond motifs is 1. The van der Waals surface area contributed by atoms with E-state index in [-0.39, 0.29) is 11.9 Å². The molecule has 1 aliphatic rings. The summed E-state index contributed by atoms with van der Waals surface area (Å²) in [6.07, 6.45) is 3.88. The van der Waals surface area contributed by atoms with Crippen molar-refractivity contribution in [3.63, 3.8) is 0 Å². The Bertz CT molecular complexity index is 619. The van der Waals surface area contributed by atoms with Crippen molar-refractivity contribution in [1.82, 2.24) is 14.9 Å².